The maximum Gasteiger partial charge on any atom is -0.0175 e. The maximum absolute atomic E-state index is 4.26. The van der Waals surface area contributed by atoms with Crippen LogP contribution in [0.1, 0.15) is 61.3 Å². The summed E-state index contributed by atoms with van der Waals surface area (Å²) in [6.45, 7) is 21.2. The van der Waals surface area contributed by atoms with Gasteiger partial charge >= 0.3 is 0 Å². The molecule has 0 spiro atoms. The normalized spacial score (nSPS) is 40.3. The molecule has 2 saturated carbocycles. The number of hydrogen-bond acceptors (Lipinski definition) is 0. The van der Waals surface area contributed by atoms with E-state index >= 15 is 0 Å². The quantitative estimate of drug-likeness (QED) is 0.534. The average Bonchev–Trinajstić information content (AvgIpc) is 2.69. The molecule has 0 heterocycles. The highest BCUT2D eigenvalue weighted by molar-refractivity contribution is 5.14. The van der Waals surface area contributed by atoms with Crippen LogP contribution in [0.4, 0.5) is 0 Å². The molecule has 2 bridgehead atoms. The number of allylic oxidation sites excluding steroid dienone is 1. The van der Waals surface area contributed by atoms with Crippen LogP contribution < -0.4 is 0 Å². The summed E-state index contributed by atoms with van der Waals surface area (Å²) in [7, 11) is 0. The van der Waals surface area contributed by atoms with Gasteiger partial charge in [-0.05, 0) is 60.2 Å². The number of rotatable bonds is 1. The summed E-state index contributed by atoms with van der Waals surface area (Å²) in [5.74, 6) is 4.42. The Morgan fingerprint density at radius 3 is 1.78 bits per heavy atom. The van der Waals surface area contributed by atoms with Crippen molar-refractivity contribution in [2.45, 2.75) is 61.3 Å². The van der Waals surface area contributed by atoms with Crippen LogP contribution in [0.15, 0.2) is 12.2 Å². The first-order valence-corrected chi connectivity index (χ1v) is 7.69. The van der Waals surface area contributed by atoms with Crippen molar-refractivity contribution < 1.29 is 0 Å². The van der Waals surface area contributed by atoms with E-state index in [1.165, 1.54) is 18.4 Å². The van der Waals surface area contributed by atoms with Gasteiger partial charge in [0.1, 0.15) is 0 Å². The van der Waals surface area contributed by atoms with Gasteiger partial charge < -0.3 is 0 Å². The molecule has 0 aliphatic heterocycles. The van der Waals surface area contributed by atoms with Gasteiger partial charge in [-0.25, -0.2) is 0 Å². The summed E-state index contributed by atoms with van der Waals surface area (Å²) in [4.78, 5) is 0. The zero-order chi connectivity index (χ0) is 13.9. The Morgan fingerprint density at radius 2 is 1.39 bits per heavy atom. The van der Waals surface area contributed by atoms with E-state index in [1.54, 1.807) is 0 Å². The van der Waals surface area contributed by atoms with Gasteiger partial charge in [0.2, 0.25) is 0 Å². The minimum atomic E-state index is 0.436. The molecule has 2 fully saturated rings. The molecule has 5 atom stereocenters. The molecule has 2 aliphatic rings. The molecule has 2 rings (SSSR count). The van der Waals surface area contributed by atoms with Crippen molar-refractivity contribution in [3.05, 3.63) is 12.2 Å². The molecule has 18 heavy (non-hydrogen) atoms. The van der Waals surface area contributed by atoms with Gasteiger partial charge in [-0.1, -0.05) is 53.7 Å². The Labute approximate surface area is 114 Å². The van der Waals surface area contributed by atoms with Crippen LogP contribution in [-0.2, 0) is 0 Å². The lowest BCUT2D eigenvalue weighted by Crippen LogP contribution is -2.42. The molecule has 0 aromatic rings. The molecule has 0 amide bonds. The third-order valence-corrected chi connectivity index (χ3v) is 5.64. The second kappa shape index (κ2) is 4.12. The zero-order valence-corrected chi connectivity index (χ0v) is 13.5. The molecule has 0 nitrogen and oxygen atoms in total. The second-order valence-corrected chi connectivity index (χ2v) is 9.13. The largest absolute Gasteiger partial charge is 0.0999 e. The lowest BCUT2D eigenvalue weighted by molar-refractivity contribution is 0.00846. The Balaban J connectivity index is 2.35. The molecule has 2 aliphatic carbocycles. The monoisotopic (exact) mass is 248 g/mol. The maximum atomic E-state index is 4.26. The summed E-state index contributed by atoms with van der Waals surface area (Å²) < 4.78 is 0. The van der Waals surface area contributed by atoms with E-state index < -0.39 is 0 Å². The van der Waals surface area contributed by atoms with Crippen molar-refractivity contribution in [1.29, 1.82) is 0 Å². The zero-order valence-electron chi connectivity index (χ0n) is 13.5. The molecule has 0 N–H and O–H groups in total. The fourth-order valence-electron chi connectivity index (χ4n) is 5.35. The van der Waals surface area contributed by atoms with Gasteiger partial charge in [-0.3, -0.25) is 0 Å². The molecule has 0 radical (unpaired) electrons. The summed E-state index contributed by atoms with van der Waals surface area (Å²) in [6.07, 6.45) is 2.87. The summed E-state index contributed by atoms with van der Waals surface area (Å²) in [5.41, 5.74) is 2.33. The number of fused-ring (bicyclic) bond motifs is 2. The summed E-state index contributed by atoms with van der Waals surface area (Å²) in [6, 6.07) is 0. The van der Waals surface area contributed by atoms with E-state index in [0.717, 1.165) is 29.6 Å². The van der Waals surface area contributed by atoms with Gasteiger partial charge in [0.25, 0.3) is 0 Å². The average molecular weight is 248 g/mol. The van der Waals surface area contributed by atoms with Crippen LogP contribution in [0, 0.1) is 40.4 Å². The molecule has 104 valence electrons. The predicted octanol–water partition coefficient (Wildman–Crippen LogP) is 5.54. The Morgan fingerprint density at radius 1 is 0.889 bits per heavy atom. The molecular weight excluding hydrogens is 216 g/mol. The molecule has 0 aromatic carbocycles. The van der Waals surface area contributed by atoms with Crippen molar-refractivity contribution in [2.75, 3.05) is 0 Å². The first-order valence-electron chi connectivity index (χ1n) is 7.69. The van der Waals surface area contributed by atoms with Crippen LogP contribution in [0.2, 0.25) is 0 Å². The van der Waals surface area contributed by atoms with Gasteiger partial charge in [0.05, 0.1) is 0 Å². The SMILES string of the molecule is C=C(C)C1CC2CC1C(C(C)(C)C)C2C(C)(C)C. The van der Waals surface area contributed by atoms with Crippen LogP contribution in [0.25, 0.3) is 0 Å². The topological polar surface area (TPSA) is 0 Å². The Kier molecular flexibility index (Phi) is 3.24. The third-order valence-electron chi connectivity index (χ3n) is 5.64. The molecule has 0 heteroatoms. The van der Waals surface area contributed by atoms with Crippen LogP contribution in [-0.4, -0.2) is 0 Å². The molecular formula is C18H32. The number of hydrogen-bond donors (Lipinski definition) is 0. The lowest BCUT2D eigenvalue weighted by atomic mass is 9.56. The minimum Gasteiger partial charge on any atom is -0.0999 e. The smallest absolute Gasteiger partial charge is 0.0175 e. The van der Waals surface area contributed by atoms with Gasteiger partial charge in [-0.2, -0.15) is 0 Å². The Bertz CT molecular complexity index is 336. The predicted molar refractivity (Wildman–Crippen MR) is 80.4 cm³/mol. The second-order valence-electron chi connectivity index (χ2n) is 9.13. The van der Waals surface area contributed by atoms with E-state index in [1.807, 2.05) is 0 Å². The van der Waals surface area contributed by atoms with Gasteiger partial charge in [-0.15, -0.1) is 0 Å². The van der Waals surface area contributed by atoms with E-state index in [4.69, 9.17) is 0 Å². The van der Waals surface area contributed by atoms with E-state index in [-0.39, 0.29) is 0 Å². The van der Waals surface area contributed by atoms with Crippen molar-refractivity contribution in [2.24, 2.45) is 40.4 Å². The van der Waals surface area contributed by atoms with Crippen molar-refractivity contribution in [3.8, 4) is 0 Å². The first-order chi connectivity index (χ1) is 8.03. The highest BCUT2D eigenvalue weighted by Gasteiger charge is 2.58. The van der Waals surface area contributed by atoms with Crippen molar-refractivity contribution >= 4 is 0 Å². The standard InChI is InChI=1S/C18H32/c1-11(2)13-9-12-10-14(13)16(18(6,7)8)15(12)17(3,4)5/h12-16H,1,9-10H2,2-8H3. The summed E-state index contributed by atoms with van der Waals surface area (Å²) >= 11 is 0. The van der Waals surface area contributed by atoms with E-state index in [0.29, 0.717) is 10.8 Å². The van der Waals surface area contributed by atoms with Crippen LogP contribution in [0.3, 0.4) is 0 Å². The lowest BCUT2D eigenvalue weighted by Gasteiger charge is -2.48. The van der Waals surface area contributed by atoms with Crippen LogP contribution in [0.5, 0.6) is 0 Å². The highest BCUT2D eigenvalue weighted by Crippen LogP contribution is 2.65. The molecule has 0 saturated heterocycles. The van der Waals surface area contributed by atoms with Crippen molar-refractivity contribution in [1.82, 2.24) is 0 Å². The molecule has 0 aromatic heterocycles. The highest BCUT2D eigenvalue weighted by atomic mass is 14.6. The Hall–Kier alpha value is -0.260. The first kappa shape index (κ1) is 14.2. The third kappa shape index (κ3) is 2.17. The summed E-state index contributed by atoms with van der Waals surface area (Å²) in [5, 5.41) is 0. The van der Waals surface area contributed by atoms with Gasteiger partial charge in [0, 0.05) is 0 Å². The van der Waals surface area contributed by atoms with E-state index in [9.17, 15) is 0 Å². The molecule has 5 unspecified atom stereocenters. The van der Waals surface area contributed by atoms with Crippen LogP contribution >= 0.6 is 0 Å². The minimum absolute atomic E-state index is 0.436. The van der Waals surface area contributed by atoms with Gasteiger partial charge in [0.15, 0.2) is 0 Å². The van der Waals surface area contributed by atoms with E-state index in [2.05, 4.69) is 55.0 Å². The fraction of sp³-hybridized carbons (Fsp3) is 0.889. The van der Waals surface area contributed by atoms with Crippen molar-refractivity contribution in [3.63, 3.8) is 0 Å². The fourth-order valence-corrected chi connectivity index (χ4v) is 5.35.